The summed E-state index contributed by atoms with van der Waals surface area (Å²) in [5, 5.41) is 12.7. The number of nitrogens with zero attached hydrogens (tertiary/aromatic N) is 4. The summed E-state index contributed by atoms with van der Waals surface area (Å²) >= 11 is 1.47. The molecule has 2 aromatic rings. The number of amides is 1. The zero-order valence-corrected chi connectivity index (χ0v) is 19.3. The maximum Gasteiger partial charge on any atom is 0.230 e. The van der Waals surface area contributed by atoms with Crippen molar-refractivity contribution >= 4 is 17.7 Å². The fourth-order valence-corrected chi connectivity index (χ4v) is 4.81. The molecule has 0 radical (unpaired) electrons. The molecule has 30 heavy (non-hydrogen) atoms. The SMILES string of the molecule is CCC(C)n1c(SCC(=O)NCCCN2CCCC(C)C2)nnc1-c1ccccc1. The van der Waals surface area contributed by atoms with Gasteiger partial charge in [-0.15, -0.1) is 10.2 Å². The number of rotatable bonds is 10. The molecule has 2 unspecified atom stereocenters. The predicted molar refractivity (Wildman–Crippen MR) is 124 cm³/mol. The van der Waals surface area contributed by atoms with Gasteiger partial charge in [-0.25, -0.2) is 0 Å². The van der Waals surface area contributed by atoms with E-state index in [1.165, 1.54) is 37.7 Å². The van der Waals surface area contributed by atoms with E-state index >= 15 is 0 Å². The number of aromatic nitrogens is 3. The van der Waals surface area contributed by atoms with Gasteiger partial charge < -0.3 is 10.2 Å². The monoisotopic (exact) mass is 429 g/mol. The van der Waals surface area contributed by atoms with Crippen molar-refractivity contribution in [3.8, 4) is 11.4 Å². The Morgan fingerprint density at radius 1 is 1.30 bits per heavy atom. The molecule has 1 aromatic carbocycles. The van der Waals surface area contributed by atoms with E-state index in [-0.39, 0.29) is 11.9 Å². The number of likely N-dealkylation sites (tertiary alicyclic amines) is 1. The molecule has 1 aromatic heterocycles. The van der Waals surface area contributed by atoms with Crippen LogP contribution < -0.4 is 5.32 Å². The standard InChI is InChI=1S/C23H35N5OS/c1-4-19(3)28-22(20-11-6-5-7-12-20)25-26-23(28)30-17-21(29)24-13-9-15-27-14-8-10-18(2)16-27/h5-7,11-12,18-19H,4,8-10,13-17H2,1-3H3,(H,24,29). The highest BCUT2D eigenvalue weighted by molar-refractivity contribution is 7.99. The Morgan fingerprint density at radius 3 is 2.83 bits per heavy atom. The average molecular weight is 430 g/mol. The van der Waals surface area contributed by atoms with Crippen LogP contribution in [-0.4, -0.2) is 57.5 Å². The molecule has 1 fully saturated rings. The molecular formula is C23H35N5OS. The Morgan fingerprint density at radius 2 is 2.10 bits per heavy atom. The van der Waals surface area contributed by atoms with Gasteiger partial charge in [0.2, 0.25) is 5.91 Å². The van der Waals surface area contributed by atoms with E-state index in [9.17, 15) is 4.79 Å². The number of hydrogen-bond acceptors (Lipinski definition) is 5. The lowest BCUT2D eigenvalue weighted by Crippen LogP contribution is -2.36. The van der Waals surface area contributed by atoms with E-state index < -0.39 is 0 Å². The molecule has 0 aliphatic carbocycles. The third-order valence-corrected chi connectivity index (χ3v) is 6.72. The molecule has 0 spiro atoms. The molecule has 1 aliphatic rings. The number of benzene rings is 1. The van der Waals surface area contributed by atoms with E-state index in [1.807, 2.05) is 30.3 Å². The average Bonchev–Trinajstić information content (AvgIpc) is 3.19. The molecule has 6 nitrogen and oxygen atoms in total. The third-order valence-electron chi connectivity index (χ3n) is 5.77. The summed E-state index contributed by atoms with van der Waals surface area (Å²) < 4.78 is 2.16. The summed E-state index contributed by atoms with van der Waals surface area (Å²) in [6, 6.07) is 10.4. The molecule has 1 aliphatic heterocycles. The van der Waals surface area contributed by atoms with Crippen LogP contribution in [0.2, 0.25) is 0 Å². The van der Waals surface area contributed by atoms with Crippen molar-refractivity contribution in [2.45, 2.75) is 57.7 Å². The van der Waals surface area contributed by atoms with Gasteiger partial charge in [-0.1, -0.05) is 55.9 Å². The number of hydrogen-bond donors (Lipinski definition) is 1. The van der Waals surface area contributed by atoms with Crippen LogP contribution >= 0.6 is 11.8 Å². The first-order valence-electron chi connectivity index (χ1n) is 11.2. The summed E-state index contributed by atoms with van der Waals surface area (Å²) in [4.78, 5) is 14.9. The normalized spacial score (nSPS) is 18.3. The highest BCUT2D eigenvalue weighted by atomic mass is 32.2. The number of nitrogens with one attached hydrogen (secondary N) is 1. The smallest absolute Gasteiger partial charge is 0.230 e. The largest absolute Gasteiger partial charge is 0.355 e. The van der Waals surface area contributed by atoms with Crippen LogP contribution in [0.5, 0.6) is 0 Å². The van der Waals surface area contributed by atoms with Crippen molar-refractivity contribution in [3.05, 3.63) is 30.3 Å². The fourth-order valence-electron chi connectivity index (χ4n) is 3.94. The van der Waals surface area contributed by atoms with Gasteiger partial charge in [-0.05, 0) is 51.6 Å². The van der Waals surface area contributed by atoms with E-state index in [0.29, 0.717) is 5.75 Å². The van der Waals surface area contributed by atoms with Gasteiger partial charge in [0.25, 0.3) is 0 Å². The molecule has 2 heterocycles. The summed E-state index contributed by atoms with van der Waals surface area (Å²) in [6.45, 7) is 10.8. The van der Waals surface area contributed by atoms with Crippen molar-refractivity contribution in [1.29, 1.82) is 0 Å². The number of carbonyl (C=O) groups is 1. The summed E-state index contributed by atoms with van der Waals surface area (Å²) in [5.41, 5.74) is 1.05. The van der Waals surface area contributed by atoms with Crippen LogP contribution in [0.15, 0.2) is 35.5 Å². The summed E-state index contributed by atoms with van der Waals surface area (Å²) in [5.74, 6) is 2.09. The van der Waals surface area contributed by atoms with Crippen LogP contribution in [-0.2, 0) is 4.79 Å². The lowest BCUT2D eigenvalue weighted by Gasteiger charge is -2.30. The van der Waals surface area contributed by atoms with Gasteiger partial charge in [0, 0.05) is 24.7 Å². The second kappa shape index (κ2) is 11.5. The van der Waals surface area contributed by atoms with Gasteiger partial charge in [-0.2, -0.15) is 0 Å². The van der Waals surface area contributed by atoms with Gasteiger partial charge in [0.1, 0.15) is 0 Å². The molecule has 0 bridgehead atoms. The van der Waals surface area contributed by atoms with Crippen LogP contribution in [0, 0.1) is 5.92 Å². The van der Waals surface area contributed by atoms with E-state index in [4.69, 9.17) is 0 Å². The fraction of sp³-hybridized carbons (Fsp3) is 0.609. The number of piperidine rings is 1. The van der Waals surface area contributed by atoms with Crippen LogP contribution in [0.1, 0.15) is 52.5 Å². The zero-order chi connectivity index (χ0) is 21.3. The van der Waals surface area contributed by atoms with Crippen molar-refractivity contribution in [2.24, 2.45) is 5.92 Å². The first kappa shape index (κ1) is 22.8. The molecule has 1 saturated heterocycles. The highest BCUT2D eigenvalue weighted by Gasteiger charge is 2.19. The Kier molecular flexibility index (Phi) is 8.75. The molecule has 7 heteroatoms. The maximum absolute atomic E-state index is 12.3. The van der Waals surface area contributed by atoms with Crippen molar-refractivity contribution in [2.75, 3.05) is 31.9 Å². The minimum absolute atomic E-state index is 0.0620. The van der Waals surface area contributed by atoms with Gasteiger partial charge in [-0.3, -0.25) is 9.36 Å². The molecule has 3 rings (SSSR count). The van der Waals surface area contributed by atoms with Crippen molar-refractivity contribution in [1.82, 2.24) is 25.0 Å². The Labute approximate surface area is 184 Å². The molecule has 2 atom stereocenters. The quantitative estimate of drug-likeness (QED) is 0.452. The predicted octanol–water partition coefficient (Wildman–Crippen LogP) is 4.25. The van der Waals surface area contributed by atoms with Crippen molar-refractivity contribution < 1.29 is 4.79 Å². The van der Waals surface area contributed by atoms with Crippen LogP contribution in [0.4, 0.5) is 0 Å². The van der Waals surface area contributed by atoms with Crippen LogP contribution in [0.25, 0.3) is 11.4 Å². The summed E-state index contributed by atoms with van der Waals surface area (Å²) in [7, 11) is 0. The molecule has 1 amide bonds. The van der Waals surface area contributed by atoms with Gasteiger partial charge in [0.05, 0.1) is 5.75 Å². The second-order valence-electron chi connectivity index (χ2n) is 8.34. The summed E-state index contributed by atoms with van der Waals surface area (Å²) in [6.07, 6.45) is 4.63. The lowest BCUT2D eigenvalue weighted by molar-refractivity contribution is -0.118. The second-order valence-corrected chi connectivity index (χ2v) is 9.28. The highest BCUT2D eigenvalue weighted by Crippen LogP contribution is 2.28. The Balaban J connectivity index is 1.49. The first-order valence-corrected chi connectivity index (χ1v) is 12.2. The molecule has 0 saturated carbocycles. The number of carbonyl (C=O) groups excluding carboxylic acids is 1. The topological polar surface area (TPSA) is 63.1 Å². The van der Waals surface area contributed by atoms with Gasteiger partial charge in [0.15, 0.2) is 11.0 Å². The van der Waals surface area contributed by atoms with E-state index in [0.717, 1.165) is 48.4 Å². The minimum atomic E-state index is 0.0620. The van der Waals surface area contributed by atoms with Gasteiger partial charge >= 0.3 is 0 Å². The molecule has 1 N–H and O–H groups in total. The lowest BCUT2D eigenvalue weighted by atomic mass is 10.0. The zero-order valence-electron chi connectivity index (χ0n) is 18.5. The van der Waals surface area contributed by atoms with E-state index in [2.05, 4.69) is 45.8 Å². The van der Waals surface area contributed by atoms with Crippen LogP contribution in [0.3, 0.4) is 0 Å². The molecule has 164 valence electrons. The maximum atomic E-state index is 12.3. The van der Waals surface area contributed by atoms with E-state index in [1.54, 1.807) is 0 Å². The third kappa shape index (κ3) is 6.32. The first-order chi connectivity index (χ1) is 14.6. The van der Waals surface area contributed by atoms with Crippen molar-refractivity contribution in [3.63, 3.8) is 0 Å². The number of thioether (sulfide) groups is 1. The Hall–Kier alpha value is -1.86. The molecular weight excluding hydrogens is 394 g/mol. The minimum Gasteiger partial charge on any atom is -0.355 e. The Bertz CT molecular complexity index is 794.